The molecule has 0 aliphatic heterocycles. The average molecular weight is 295 g/mol. The van der Waals surface area contributed by atoms with Gasteiger partial charge in [0, 0.05) is 18.3 Å². The number of halogens is 4. The molecule has 4 nitrogen and oxygen atoms in total. The third kappa shape index (κ3) is 4.29. The average Bonchev–Trinajstić information content (AvgIpc) is 2.30. The van der Waals surface area contributed by atoms with Crippen LogP contribution in [0.3, 0.4) is 0 Å². The van der Waals surface area contributed by atoms with E-state index in [0.29, 0.717) is 0 Å². The molecule has 0 radical (unpaired) electrons. The number of anilines is 1. The van der Waals surface area contributed by atoms with E-state index in [9.17, 15) is 22.4 Å². The Kier molecular flexibility index (Phi) is 5.18. The first kappa shape index (κ1) is 16.1. The molecule has 0 saturated heterocycles. The highest BCUT2D eigenvalue weighted by atomic mass is 19.4. The molecule has 1 unspecified atom stereocenters. The summed E-state index contributed by atoms with van der Waals surface area (Å²) in [6, 6.07) is 3.51. The van der Waals surface area contributed by atoms with E-state index in [4.69, 9.17) is 9.84 Å². The molecule has 112 valence electrons. The van der Waals surface area contributed by atoms with Crippen molar-refractivity contribution < 1.29 is 32.2 Å². The summed E-state index contributed by atoms with van der Waals surface area (Å²) in [4.78, 5) is 10.5. The minimum absolute atomic E-state index is 0.0244. The number of carboxylic acids is 1. The van der Waals surface area contributed by atoms with Crippen molar-refractivity contribution in [3.8, 4) is 5.75 Å². The summed E-state index contributed by atoms with van der Waals surface area (Å²) in [5.74, 6) is -5.31. The second kappa shape index (κ2) is 6.44. The van der Waals surface area contributed by atoms with Gasteiger partial charge in [0.1, 0.15) is 0 Å². The quantitative estimate of drug-likeness (QED) is 0.792. The predicted molar refractivity (Wildman–Crippen MR) is 63.2 cm³/mol. The number of benzene rings is 1. The zero-order valence-corrected chi connectivity index (χ0v) is 10.5. The summed E-state index contributed by atoms with van der Waals surface area (Å²) >= 11 is 0. The predicted octanol–water partition coefficient (Wildman–Crippen LogP) is 2.90. The van der Waals surface area contributed by atoms with Gasteiger partial charge < -0.3 is 15.2 Å². The first-order chi connectivity index (χ1) is 9.25. The number of alkyl halides is 3. The second-order valence-electron chi connectivity index (χ2n) is 3.89. The van der Waals surface area contributed by atoms with E-state index in [1.807, 2.05) is 0 Å². The fourth-order valence-electron chi connectivity index (χ4n) is 1.45. The molecule has 1 aromatic carbocycles. The van der Waals surface area contributed by atoms with Gasteiger partial charge >= 0.3 is 12.1 Å². The Morgan fingerprint density at radius 1 is 1.45 bits per heavy atom. The molecule has 8 heteroatoms. The largest absolute Gasteiger partial charge is 0.491 e. The molecular weight excluding hydrogens is 282 g/mol. The molecule has 0 aromatic heterocycles. The van der Waals surface area contributed by atoms with Gasteiger partial charge in [-0.3, -0.25) is 4.79 Å². The monoisotopic (exact) mass is 295 g/mol. The van der Waals surface area contributed by atoms with E-state index >= 15 is 0 Å². The number of carboxylic acid groups (broad SMARTS) is 1. The van der Waals surface area contributed by atoms with Crippen LogP contribution in [0.25, 0.3) is 0 Å². The SMILES string of the molecule is CCOc1ccc(NCC(C(=O)O)C(F)(F)F)cc1F. The minimum Gasteiger partial charge on any atom is -0.491 e. The molecule has 0 aliphatic rings. The lowest BCUT2D eigenvalue weighted by Crippen LogP contribution is -2.36. The number of hydrogen-bond acceptors (Lipinski definition) is 3. The Bertz CT molecular complexity index is 476. The van der Waals surface area contributed by atoms with Crippen LogP contribution >= 0.6 is 0 Å². The Balaban J connectivity index is 2.74. The first-order valence-corrected chi connectivity index (χ1v) is 5.71. The van der Waals surface area contributed by atoms with Crippen molar-refractivity contribution in [2.45, 2.75) is 13.1 Å². The van der Waals surface area contributed by atoms with Crippen molar-refractivity contribution in [3.63, 3.8) is 0 Å². The Morgan fingerprint density at radius 3 is 2.55 bits per heavy atom. The molecule has 0 fully saturated rings. The number of nitrogens with one attached hydrogen (secondary N) is 1. The molecule has 2 N–H and O–H groups in total. The molecular formula is C12H13F4NO3. The van der Waals surface area contributed by atoms with Crippen molar-refractivity contribution in [1.29, 1.82) is 0 Å². The third-order valence-electron chi connectivity index (χ3n) is 2.44. The van der Waals surface area contributed by atoms with Crippen LogP contribution in [0.5, 0.6) is 5.75 Å². The zero-order valence-electron chi connectivity index (χ0n) is 10.5. The smallest absolute Gasteiger partial charge is 0.403 e. The first-order valence-electron chi connectivity index (χ1n) is 5.71. The molecule has 0 aliphatic carbocycles. The van der Waals surface area contributed by atoms with Crippen LogP contribution in [0, 0.1) is 11.7 Å². The lowest BCUT2D eigenvalue weighted by atomic mass is 10.1. The Morgan fingerprint density at radius 2 is 2.10 bits per heavy atom. The van der Waals surface area contributed by atoms with Crippen LogP contribution in [-0.2, 0) is 4.79 Å². The lowest BCUT2D eigenvalue weighted by Gasteiger charge is -2.17. The summed E-state index contributed by atoms with van der Waals surface area (Å²) in [5.41, 5.74) is 0.0430. The van der Waals surface area contributed by atoms with Crippen LogP contribution in [0.1, 0.15) is 6.92 Å². The van der Waals surface area contributed by atoms with Crippen molar-refractivity contribution in [3.05, 3.63) is 24.0 Å². The van der Waals surface area contributed by atoms with E-state index in [2.05, 4.69) is 5.32 Å². The summed E-state index contributed by atoms with van der Waals surface area (Å²) in [5, 5.41) is 10.7. The van der Waals surface area contributed by atoms with Gasteiger partial charge in [-0.15, -0.1) is 0 Å². The van der Waals surface area contributed by atoms with Crippen LogP contribution in [0.4, 0.5) is 23.2 Å². The maximum atomic E-state index is 13.5. The Labute approximate surface area is 112 Å². The van der Waals surface area contributed by atoms with Crippen molar-refractivity contribution in [1.82, 2.24) is 0 Å². The maximum Gasteiger partial charge on any atom is 0.403 e. The van der Waals surface area contributed by atoms with E-state index < -0.39 is 30.4 Å². The molecule has 0 saturated carbocycles. The van der Waals surface area contributed by atoms with E-state index in [-0.39, 0.29) is 18.0 Å². The third-order valence-corrected chi connectivity index (χ3v) is 2.44. The van der Waals surface area contributed by atoms with Crippen LogP contribution in [-0.4, -0.2) is 30.4 Å². The molecule has 20 heavy (non-hydrogen) atoms. The summed E-state index contributed by atoms with van der Waals surface area (Å²) in [6.45, 7) is 1.03. The fraction of sp³-hybridized carbons (Fsp3) is 0.417. The van der Waals surface area contributed by atoms with E-state index in [1.165, 1.54) is 12.1 Å². The van der Waals surface area contributed by atoms with Crippen molar-refractivity contribution in [2.75, 3.05) is 18.5 Å². The summed E-state index contributed by atoms with van der Waals surface area (Å²) in [6.07, 6.45) is -4.87. The van der Waals surface area contributed by atoms with Gasteiger partial charge in [-0.1, -0.05) is 0 Å². The number of ether oxygens (including phenoxy) is 1. The second-order valence-corrected chi connectivity index (χ2v) is 3.89. The van der Waals surface area contributed by atoms with Gasteiger partial charge in [-0.2, -0.15) is 13.2 Å². The number of aliphatic carboxylic acids is 1. The molecule has 1 atom stereocenters. The topological polar surface area (TPSA) is 58.6 Å². The minimum atomic E-state index is -4.87. The van der Waals surface area contributed by atoms with Gasteiger partial charge in [-0.05, 0) is 19.1 Å². The van der Waals surface area contributed by atoms with Gasteiger partial charge in [-0.25, -0.2) is 4.39 Å². The van der Waals surface area contributed by atoms with Gasteiger partial charge in [0.05, 0.1) is 6.61 Å². The molecule has 0 bridgehead atoms. The molecule has 1 aromatic rings. The van der Waals surface area contributed by atoms with E-state index in [0.717, 1.165) is 6.07 Å². The van der Waals surface area contributed by atoms with Gasteiger partial charge in [0.15, 0.2) is 17.5 Å². The molecule has 0 spiro atoms. The zero-order chi connectivity index (χ0) is 15.3. The lowest BCUT2D eigenvalue weighted by molar-refractivity contribution is -0.190. The van der Waals surface area contributed by atoms with Gasteiger partial charge in [0.2, 0.25) is 0 Å². The highest BCUT2D eigenvalue weighted by molar-refractivity contribution is 5.71. The number of hydrogen-bond donors (Lipinski definition) is 2. The van der Waals surface area contributed by atoms with Crippen LogP contribution < -0.4 is 10.1 Å². The van der Waals surface area contributed by atoms with Crippen LogP contribution in [0.15, 0.2) is 18.2 Å². The highest BCUT2D eigenvalue weighted by Gasteiger charge is 2.44. The standard InChI is InChI=1S/C12H13F4NO3/c1-2-20-10-4-3-7(5-9(10)13)17-6-8(11(18)19)12(14,15)16/h3-5,8,17H,2,6H2,1H3,(H,18,19). The Hall–Kier alpha value is -1.99. The maximum absolute atomic E-state index is 13.5. The highest BCUT2D eigenvalue weighted by Crippen LogP contribution is 2.27. The summed E-state index contributed by atoms with van der Waals surface area (Å²) < 4.78 is 55.6. The fourth-order valence-corrected chi connectivity index (χ4v) is 1.45. The van der Waals surface area contributed by atoms with Crippen molar-refractivity contribution >= 4 is 11.7 Å². The van der Waals surface area contributed by atoms with Gasteiger partial charge in [0.25, 0.3) is 0 Å². The molecule has 0 heterocycles. The normalized spacial score (nSPS) is 12.8. The number of rotatable bonds is 6. The number of carbonyl (C=O) groups is 1. The summed E-state index contributed by atoms with van der Waals surface area (Å²) in [7, 11) is 0. The molecule has 0 amide bonds. The molecule has 1 rings (SSSR count). The van der Waals surface area contributed by atoms with Crippen molar-refractivity contribution in [2.24, 2.45) is 5.92 Å². The van der Waals surface area contributed by atoms with E-state index in [1.54, 1.807) is 6.92 Å². The van der Waals surface area contributed by atoms with Crippen LogP contribution in [0.2, 0.25) is 0 Å².